The topological polar surface area (TPSA) is 192 Å². The van der Waals surface area contributed by atoms with Crippen LogP contribution in [0, 0.1) is 0 Å². The van der Waals surface area contributed by atoms with Gasteiger partial charge in [0, 0.05) is 13.0 Å². The highest BCUT2D eigenvalue weighted by Crippen LogP contribution is 2.47. The number of carbonyl (C=O) groups is 1. The summed E-state index contributed by atoms with van der Waals surface area (Å²) in [5, 5.41) is 50.4. The molecule has 13 heteroatoms. The van der Waals surface area contributed by atoms with Crippen LogP contribution < -0.4 is 0 Å². The van der Waals surface area contributed by atoms with Gasteiger partial charge in [0.25, 0.3) is 0 Å². The number of unbranched alkanes of at least 4 members (excludes halogenated alkanes) is 27. The zero-order valence-corrected chi connectivity index (χ0v) is 45.7. The molecule has 6 unspecified atom stereocenters. The highest BCUT2D eigenvalue weighted by molar-refractivity contribution is 7.47. The third-order valence-corrected chi connectivity index (χ3v) is 14.1. The molecular weight excluding hydrogens is 920 g/mol. The Morgan fingerprint density at radius 3 is 1.27 bits per heavy atom. The number of hydrogen-bond donors (Lipinski definition) is 6. The number of allylic oxidation sites excluding steroid dienone is 10. The lowest BCUT2D eigenvalue weighted by atomic mass is 9.85. The molecule has 71 heavy (non-hydrogen) atoms. The summed E-state index contributed by atoms with van der Waals surface area (Å²) in [5.41, 5.74) is 0. The van der Waals surface area contributed by atoms with Gasteiger partial charge in [-0.25, -0.2) is 4.57 Å². The number of aliphatic hydroxyl groups is 5. The Balaban J connectivity index is 2.30. The smallest absolute Gasteiger partial charge is 0.457 e. The van der Waals surface area contributed by atoms with Crippen LogP contribution in [0.5, 0.6) is 0 Å². The fraction of sp³-hybridized carbons (Fsp3) is 0.810. The summed E-state index contributed by atoms with van der Waals surface area (Å²) in [6.07, 6.45) is 50.0. The van der Waals surface area contributed by atoms with Gasteiger partial charge in [-0.2, -0.15) is 0 Å². The van der Waals surface area contributed by atoms with Gasteiger partial charge in [-0.15, -0.1) is 0 Å². The van der Waals surface area contributed by atoms with Crippen LogP contribution in [0.25, 0.3) is 0 Å². The van der Waals surface area contributed by atoms with Gasteiger partial charge in [0.1, 0.15) is 42.7 Å². The molecule has 0 aromatic carbocycles. The molecule has 0 spiro atoms. The Bertz CT molecular complexity index is 1400. The molecule has 0 aliphatic heterocycles. The van der Waals surface area contributed by atoms with E-state index in [0.717, 1.165) is 83.5 Å². The second kappa shape index (κ2) is 47.7. The van der Waals surface area contributed by atoms with E-state index < -0.39 is 63.1 Å². The van der Waals surface area contributed by atoms with Crippen molar-refractivity contribution < 1.29 is 58.3 Å². The zero-order chi connectivity index (χ0) is 51.9. The van der Waals surface area contributed by atoms with Crippen LogP contribution >= 0.6 is 7.82 Å². The van der Waals surface area contributed by atoms with E-state index in [-0.39, 0.29) is 13.0 Å². The van der Waals surface area contributed by atoms with Gasteiger partial charge in [0.2, 0.25) is 0 Å². The Labute approximate surface area is 432 Å². The molecule has 0 bridgehead atoms. The van der Waals surface area contributed by atoms with Crippen LogP contribution in [0.1, 0.15) is 239 Å². The molecule has 6 atom stereocenters. The predicted molar refractivity (Wildman–Crippen MR) is 290 cm³/mol. The fourth-order valence-corrected chi connectivity index (χ4v) is 9.65. The van der Waals surface area contributed by atoms with Crippen molar-refractivity contribution in [2.24, 2.45) is 0 Å². The van der Waals surface area contributed by atoms with E-state index in [2.05, 4.69) is 74.6 Å². The summed E-state index contributed by atoms with van der Waals surface area (Å²) in [4.78, 5) is 23.3. The largest absolute Gasteiger partial charge is 0.472 e. The Hall–Kier alpha value is -1.96. The van der Waals surface area contributed by atoms with Crippen molar-refractivity contribution in [2.75, 3.05) is 19.8 Å². The first kappa shape index (κ1) is 67.1. The average molecular weight is 1030 g/mol. The van der Waals surface area contributed by atoms with E-state index in [0.29, 0.717) is 13.0 Å². The van der Waals surface area contributed by atoms with Crippen molar-refractivity contribution in [3.8, 4) is 0 Å². The molecule has 1 aliphatic rings. The minimum atomic E-state index is -5.03. The summed E-state index contributed by atoms with van der Waals surface area (Å²) in [6.45, 7) is 4.17. The zero-order valence-electron chi connectivity index (χ0n) is 44.8. The van der Waals surface area contributed by atoms with E-state index in [4.69, 9.17) is 18.5 Å². The lowest BCUT2D eigenvalue weighted by Gasteiger charge is -2.41. The quantitative estimate of drug-likeness (QED) is 0.0146. The number of phosphoric ester groups is 1. The maximum Gasteiger partial charge on any atom is 0.472 e. The SMILES string of the molecule is CC/C=C\C/C=C\C/C=C\C/C=C\C/C=C\CCCCCCCC(=O)OC(COCCCCCCCCCCCCCCCCCCCCCCCCC)COP(=O)(O)OC1C(O)C(O)C(O)C(O)C1O. The molecule has 1 aliphatic carbocycles. The average Bonchev–Trinajstić information content (AvgIpc) is 3.36. The summed E-state index contributed by atoms with van der Waals surface area (Å²) in [6, 6.07) is 0. The molecule has 0 amide bonds. The molecule has 0 saturated heterocycles. The van der Waals surface area contributed by atoms with Crippen LogP contribution in [0.2, 0.25) is 0 Å². The third-order valence-electron chi connectivity index (χ3n) is 13.2. The molecule has 1 fully saturated rings. The van der Waals surface area contributed by atoms with E-state index in [1.54, 1.807) is 0 Å². The Morgan fingerprint density at radius 2 is 0.831 bits per heavy atom. The van der Waals surface area contributed by atoms with Crippen molar-refractivity contribution in [3.63, 3.8) is 0 Å². The van der Waals surface area contributed by atoms with E-state index in [1.807, 2.05) is 0 Å². The number of carbonyl (C=O) groups excluding carboxylic acids is 1. The predicted octanol–water partition coefficient (Wildman–Crippen LogP) is 13.7. The summed E-state index contributed by atoms with van der Waals surface area (Å²) >= 11 is 0. The fourth-order valence-electron chi connectivity index (χ4n) is 8.68. The van der Waals surface area contributed by atoms with Crippen molar-refractivity contribution in [1.82, 2.24) is 0 Å². The number of ether oxygens (including phenoxy) is 2. The summed E-state index contributed by atoms with van der Waals surface area (Å²) in [7, 11) is -5.03. The first-order valence-electron chi connectivity index (χ1n) is 28.6. The van der Waals surface area contributed by atoms with Crippen molar-refractivity contribution in [1.29, 1.82) is 0 Å². The van der Waals surface area contributed by atoms with Crippen LogP contribution in [-0.4, -0.2) is 98.9 Å². The molecule has 0 aromatic rings. The molecule has 0 radical (unpaired) electrons. The highest BCUT2D eigenvalue weighted by Gasteiger charge is 2.51. The minimum absolute atomic E-state index is 0.0842. The van der Waals surface area contributed by atoms with Gasteiger partial charge in [-0.3, -0.25) is 13.8 Å². The highest BCUT2D eigenvalue weighted by atomic mass is 31.2. The molecule has 6 N–H and O–H groups in total. The molecule has 0 aromatic heterocycles. The standard InChI is InChI=1S/C58H105O12P/c1-3-5-7-9-11-13-15-17-19-21-23-25-26-28-30-32-34-36-38-40-42-44-46-48-67-49-51(50-68-71(65,66)70-58-56(63)54(61)53(60)55(62)57(58)64)69-52(59)47-45-43-41-39-37-35-33-31-29-27-24-22-20-18-16-14-12-10-8-6-4-2/h6,8,12,14,18,20,24,27,31,33,51,53-58,60-64H,3-5,7,9-11,13,15-17,19,21-23,25-26,28-30,32,34-50H2,1-2H3,(H,65,66)/b8-6-,14-12-,20-18-,27-24-,33-31-. The van der Waals surface area contributed by atoms with E-state index in [1.165, 1.54) is 128 Å². The van der Waals surface area contributed by atoms with Crippen molar-refractivity contribution in [3.05, 3.63) is 60.8 Å². The second-order valence-corrected chi connectivity index (χ2v) is 21.2. The normalized spacial score (nSPS) is 21.2. The van der Waals surface area contributed by atoms with Crippen LogP contribution in [0.4, 0.5) is 0 Å². The van der Waals surface area contributed by atoms with Gasteiger partial charge in [-0.05, 0) is 57.8 Å². The molecule has 1 rings (SSSR count). The molecule has 12 nitrogen and oxygen atoms in total. The lowest BCUT2D eigenvalue weighted by molar-refractivity contribution is -0.220. The maximum atomic E-state index is 12.9. The second-order valence-electron chi connectivity index (χ2n) is 19.8. The van der Waals surface area contributed by atoms with E-state index >= 15 is 0 Å². The van der Waals surface area contributed by atoms with Gasteiger partial charge >= 0.3 is 13.8 Å². The Morgan fingerprint density at radius 1 is 0.465 bits per heavy atom. The van der Waals surface area contributed by atoms with Gasteiger partial charge in [0.15, 0.2) is 0 Å². The first-order chi connectivity index (χ1) is 34.5. The van der Waals surface area contributed by atoms with Crippen LogP contribution in [-0.2, 0) is 27.9 Å². The van der Waals surface area contributed by atoms with Gasteiger partial charge < -0.3 is 39.9 Å². The monoisotopic (exact) mass is 1020 g/mol. The molecular formula is C58H105O12P. The Kier molecular flexibility index (Phi) is 45.1. The number of esters is 1. The number of hydrogen-bond acceptors (Lipinski definition) is 11. The minimum Gasteiger partial charge on any atom is -0.457 e. The number of rotatable bonds is 49. The van der Waals surface area contributed by atoms with Crippen molar-refractivity contribution >= 4 is 13.8 Å². The van der Waals surface area contributed by atoms with Crippen LogP contribution in [0.3, 0.4) is 0 Å². The molecule has 0 heterocycles. The maximum absolute atomic E-state index is 12.9. The van der Waals surface area contributed by atoms with Crippen LogP contribution in [0.15, 0.2) is 60.8 Å². The summed E-state index contributed by atoms with van der Waals surface area (Å²) in [5.74, 6) is -0.493. The van der Waals surface area contributed by atoms with Gasteiger partial charge in [0.05, 0.1) is 13.2 Å². The third kappa shape index (κ3) is 39.2. The van der Waals surface area contributed by atoms with E-state index in [9.17, 15) is 39.8 Å². The molecule has 1 saturated carbocycles. The molecule has 414 valence electrons. The van der Waals surface area contributed by atoms with Crippen molar-refractivity contribution in [2.45, 2.75) is 281 Å². The number of phosphoric acid groups is 1. The lowest BCUT2D eigenvalue weighted by Crippen LogP contribution is -2.64. The first-order valence-corrected chi connectivity index (χ1v) is 30.1. The summed E-state index contributed by atoms with van der Waals surface area (Å²) < 4.78 is 34.4. The number of aliphatic hydroxyl groups excluding tert-OH is 5. The van der Waals surface area contributed by atoms with Gasteiger partial charge in [-0.1, -0.05) is 235 Å².